The summed E-state index contributed by atoms with van der Waals surface area (Å²) in [6, 6.07) is 9.73. The molecule has 5 aromatic rings. The Kier molecular flexibility index (Phi) is 4.84. The first-order valence-electron chi connectivity index (χ1n) is 9.32. The SMILES string of the molecule is COc1ccc(-c2ccnc(SCc3nc4c5c(C)c(C)sc5ncn4n3)n2)cc1. The molecule has 0 fully saturated rings. The van der Waals surface area contributed by atoms with Gasteiger partial charge in [-0.15, -0.1) is 16.4 Å². The molecule has 0 radical (unpaired) electrons. The number of benzene rings is 1. The van der Waals surface area contributed by atoms with Gasteiger partial charge in [-0.1, -0.05) is 11.8 Å². The second kappa shape index (κ2) is 7.66. The van der Waals surface area contributed by atoms with Gasteiger partial charge in [-0.05, 0) is 49.7 Å². The lowest BCUT2D eigenvalue weighted by atomic mass is 10.1. The number of thioether (sulfide) groups is 1. The van der Waals surface area contributed by atoms with Crippen LogP contribution in [-0.4, -0.2) is 36.7 Å². The first kappa shape index (κ1) is 19.0. The molecule has 0 bridgehead atoms. The van der Waals surface area contributed by atoms with Gasteiger partial charge in [0.15, 0.2) is 16.6 Å². The van der Waals surface area contributed by atoms with E-state index in [4.69, 9.17) is 9.72 Å². The van der Waals surface area contributed by atoms with Gasteiger partial charge >= 0.3 is 0 Å². The van der Waals surface area contributed by atoms with Gasteiger partial charge in [0, 0.05) is 16.6 Å². The highest BCUT2D eigenvalue weighted by molar-refractivity contribution is 7.98. The summed E-state index contributed by atoms with van der Waals surface area (Å²) >= 11 is 3.21. The Labute approximate surface area is 181 Å². The van der Waals surface area contributed by atoms with Crippen molar-refractivity contribution < 1.29 is 4.74 Å². The average molecular weight is 435 g/mol. The molecule has 0 aliphatic carbocycles. The predicted molar refractivity (Wildman–Crippen MR) is 119 cm³/mol. The third-order valence-corrected chi connectivity index (χ3v) is 6.87. The van der Waals surface area contributed by atoms with Crippen molar-refractivity contribution in [2.45, 2.75) is 24.8 Å². The van der Waals surface area contributed by atoms with E-state index in [-0.39, 0.29) is 0 Å². The fourth-order valence-electron chi connectivity index (χ4n) is 3.21. The Balaban J connectivity index is 1.39. The van der Waals surface area contributed by atoms with Crippen LogP contribution in [0.2, 0.25) is 0 Å². The van der Waals surface area contributed by atoms with Crippen molar-refractivity contribution >= 4 is 39.0 Å². The van der Waals surface area contributed by atoms with Crippen LogP contribution in [0, 0.1) is 13.8 Å². The van der Waals surface area contributed by atoms with Crippen molar-refractivity contribution in [3.05, 3.63) is 59.1 Å². The van der Waals surface area contributed by atoms with Crippen LogP contribution in [0.3, 0.4) is 0 Å². The molecule has 7 nitrogen and oxygen atoms in total. The minimum absolute atomic E-state index is 0.581. The monoisotopic (exact) mass is 434 g/mol. The summed E-state index contributed by atoms with van der Waals surface area (Å²) in [5.41, 5.74) is 3.96. The molecule has 0 unspecified atom stereocenters. The number of nitrogens with zero attached hydrogens (tertiary/aromatic N) is 6. The summed E-state index contributed by atoms with van der Waals surface area (Å²) in [6.45, 7) is 4.22. The minimum Gasteiger partial charge on any atom is -0.497 e. The van der Waals surface area contributed by atoms with Crippen molar-refractivity contribution in [2.24, 2.45) is 0 Å². The smallest absolute Gasteiger partial charge is 0.188 e. The lowest BCUT2D eigenvalue weighted by Gasteiger charge is -2.04. The molecule has 0 atom stereocenters. The second-order valence-corrected chi connectivity index (χ2v) is 8.89. The van der Waals surface area contributed by atoms with E-state index in [0.29, 0.717) is 10.9 Å². The summed E-state index contributed by atoms with van der Waals surface area (Å²) in [6.07, 6.45) is 3.51. The molecule has 4 heterocycles. The molecule has 150 valence electrons. The molecule has 0 spiro atoms. The first-order chi connectivity index (χ1) is 14.6. The highest BCUT2D eigenvalue weighted by Gasteiger charge is 2.14. The highest BCUT2D eigenvalue weighted by Crippen LogP contribution is 2.31. The fraction of sp³-hybridized carbons (Fsp3) is 0.190. The van der Waals surface area contributed by atoms with Crippen LogP contribution in [-0.2, 0) is 5.75 Å². The van der Waals surface area contributed by atoms with Gasteiger partial charge in [0.25, 0.3) is 0 Å². The molecule has 0 saturated heterocycles. The Bertz CT molecular complexity index is 1360. The van der Waals surface area contributed by atoms with Crippen LogP contribution in [0.25, 0.3) is 27.1 Å². The van der Waals surface area contributed by atoms with Crippen LogP contribution in [0.1, 0.15) is 16.3 Å². The number of methoxy groups -OCH3 is 1. The van der Waals surface area contributed by atoms with Crippen molar-refractivity contribution in [3.8, 4) is 17.0 Å². The van der Waals surface area contributed by atoms with E-state index in [0.717, 1.165) is 38.7 Å². The summed E-state index contributed by atoms with van der Waals surface area (Å²) in [5, 5.41) is 6.36. The van der Waals surface area contributed by atoms with E-state index < -0.39 is 0 Å². The molecule has 4 aromatic heterocycles. The van der Waals surface area contributed by atoms with E-state index in [1.165, 1.54) is 22.2 Å². The van der Waals surface area contributed by atoms with Gasteiger partial charge < -0.3 is 4.74 Å². The van der Waals surface area contributed by atoms with Crippen LogP contribution >= 0.6 is 23.1 Å². The first-order valence-corrected chi connectivity index (χ1v) is 11.1. The zero-order chi connectivity index (χ0) is 20.7. The van der Waals surface area contributed by atoms with E-state index in [1.807, 2.05) is 30.3 Å². The Morgan fingerprint density at radius 3 is 2.70 bits per heavy atom. The maximum Gasteiger partial charge on any atom is 0.188 e. The number of fused-ring (bicyclic) bond motifs is 3. The van der Waals surface area contributed by atoms with E-state index in [1.54, 1.807) is 35.5 Å². The average Bonchev–Trinajstić information content (AvgIpc) is 3.32. The lowest BCUT2D eigenvalue weighted by Crippen LogP contribution is -1.92. The van der Waals surface area contributed by atoms with Crippen molar-refractivity contribution in [2.75, 3.05) is 7.11 Å². The largest absolute Gasteiger partial charge is 0.497 e. The number of aromatic nitrogens is 6. The minimum atomic E-state index is 0.581. The maximum absolute atomic E-state index is 5.22. The van der Waals surface area contributed by atoms with Crippen LogP contribution in [0.5, 0.6) is 5.75 Å². The lowest BCUT2D eigenvalue weighted by molar-refractivity contribution is 0.415. The van der Waals surface area contributed by atoms with Gasteiger partial charge in [0.1, 0.15) is 16.9 Å². The second-order valence-electron chi connectivity index (χ2n) is 6.75. The molecule has 0 aliphatic rings. The predicted octanol–water partition coefficient (Wildman–Crippen LogP) is 4.71. The summed E-state index contributed by atoms with van der Waals surface area (Å²) in [5.74, 6) is 2.13. The third kappa shape index (κ3) is 3.40. The number of rotatable bonds is 5. The number of hydrogen-bond acceptors (Lipinski definition) is 8. The van der Waals surface area contributed by atoms with Crippen molar-refractivity contribution in [3.63, 3.8) is 0 Å². The fourth-order valence-corrected chi connectivity index (χ4v) is 4.88. The van der Waals surface area contributed by atoms with Gasteiger partial charge in [-0.2, -0.15) is 0 Å². The van der Waals surface area contributed by atoms with Crippen LogP contribution < -0.4 is 4.74 Å². The number of ether oxygens (including phenoxy) is 1. The number of hydrogen-bond donors (Lipinski definition) is 0. The molecule has 1 aromatic carbocycles. The van der Waals surface area contributed by atoms with E-state index >= 15 is 0 Å². The molecule has 5 rings (SSSR count). The zero-order valence-electron chi connectivity index (χ0n) is 16.7. The third-order valence-electron chi connectivity index (χ3n) is 4.90. The van der Waals surface area contributed by atoms with Crippen LogP contribution in [0.15, 0.2) is 48.0 Å². The van der Waals surface area contributed by atoms with Gasteiger partial charge in [-0.25, -0.2) is 24.5 Å². The molecule has 0 amide bonds. The maximum atomic E-state index is 5.22. The van der Waals surface area contributed by atoms with Crippen molar-refractivity contribution in [1.29, 1.82) is 0 Å². The zero-order valence-corrected chi connectivity index (χ0v) is 18.3. The highest BCUT2D eigenvalue weighted by atomic mass is 32.2. The van der Waals surface area contributed by atoms with E-state index in [9.17, 15) is 0 Å². The Morgan fingerprint density at radius 2 is 1.90 bits per heavy atom. The number of aryl methyl sites for hydroxylation is 2. The number of thiophene rings is 1. The molecule has 9 heteroatoms. The quantitative estimate of drug-likeness (QED) is 0.293. The van der Waals surface area contributed by atoms with Gasteiger partial charge in [0.2, 0.25) is 0 Å². The molecule has 0 aliphatic heterocycles. The Hall–Kier alpha value is -3.04. The van der Waals surface area contributed by atoms with Gasteiger partial charge in [0.05, 0.1) is 23.9 Å². The van der Waals surface area contributed by atoms with Crippen LogP contribution in [0.4, 0.5) is 0 Å². The summed E-state index contributed by atoms with van der Waals surface area (Å²) in [7, 11) is 1.66. The molecule has 0 saturated carbocycles. The summed E-state index contributed by atoms with van der Waals surface area (Å²) in [4.78, 5) is 20.6. The van der Waals surface area contributed by atoms with Gasteiger partial charge in [-0.3, -0.25) is 0 Å². The Morgan fingerprint density at radius 1 is 1.07 bits per heavy atom. The van der Waals surface area contributed by atoms with Crippen molar-refractivity contribution in [1.82, 2.24) is 29.5 Å². The normalized spacial score (nSPS) is 11.4. The molecule has 0 N–H and O–H groups in total. The molecular weight excluding hydrogens is 416 g/mol. The standard InChI is InChI=1S/C21H18N6OS2/c1-12-13(2)30-20-18(12)19-25-17(26-27(19)11-23-20)10-29-21-22-9-8-16(24-21)14-4-6-15(28-3)7-5-14/h4-9,11H,10H2,1-3H3. The molecular formula is C21H18N6OS2. The molecule has 30 heavy (non-hydrogen) atoms. The van der Waals surface area contributed by atoms with E-state index in [2.05, 4.69) is 33.9 Å². The topological polar surface area (TPSA) is 78.1 Å². The summed E-state index contributed by atoms with van der Waals surface area (Å²) < 4.78 is 6.98.